The van der Waals surface area contributed by atoms with Gasteiger partial charge in [0.15, 0.2) is 0 Å². The zero-order chi connectivity index (χ0) is 19.0. The van der Waals surface area contributed by atoms with Crippen molar-refractivity contribution in [3.05, 3.63) is 29.8 Å². The van der Waals surface area contributed by atoms with Crippen LogP contribution >= 0.6 is 0 Å². The van der Waals surface area contributed by atoms with E-state index >= 15 is 0 Å². The van der Waals surface area contributed by atoms with Gasteiger partial charge in [0.1, 0.15) is 16.4 Å². The summed E-state index contributed by atoms with van der Waals surface area (Å²) in [4.78, 5) is -0.102. The molecule has 146 valence electrons. The zero-order valence-electron chi connectivity index (χ0n) is 15.6. The lowest BCUT2D eigenvalue weighted by Gasteiger charge is -2.15. The van der Waals surface area contributed by atoms with Crippen LogP contribution in [0, 0.1) is 0 Å². The second kappa shape index (κ2) is 9.97. The Morgan fingerprint density at radius 1 is 1.23 bits per heavy atom. The minimum Gasteiger partial charge on any atom is -0.506 e. The summed E-state index contributed by atoms with van der Waals surface area (Å²) in [5, 5.41) is 10.3. The third-order valence-corrected chi connectivity index (χ3v) is 6.07. The van der Waals surface area contributed by atoms with Crippen molar-refractivity contribution in [2.75, 3.05) is 13.2 Å². The van der Waals surface area contributed by atoms with Gasteiger partial charge in [0.2, 0.25) is 0 Å². The maximum absolute atomic E-state index is 12.6. The number of fused-ring (bicyclic) bond motifs is 1. The van der Waals surface area contributed by atoms with E-state index in [1.807, 2.05) is 0 Å². The summed E-state index contributed by atoms with van der Waals surface area (Å²) in [5.41, 5.74) is 1.53. The van der Waals surface area contributed by atoms with Crippen molar-refractivity contribution in [1.82, 2.24) is 0 Å². The third kappa shape index (κ3) is 5.24. The van der Waals surface area contributed by atoms with E-state index in [1.165, 1.54) is 37.8 Å². The molecular formula is C20H30O5S. The number of phenolic OH excluding ortho intramolecular Hbond substituents is 1. The maximum Gasteiger partial charge on any atom is 0.301 e. The first-order chi connectivity index (χ1) is 12.5. The number of aromatic hydroxyl groups is 1. The Balaban J connectivity index is 2.16. The molecule has 0 aliphatic carbocycles. The molecule has 0 bridgehead atoms. The average Bonchev–Trinajstić information content (AvgIpc) is 3.06. The van der Waals surface area contributed by atoms with Gasteiger partial charge in [0.25, 0.3) is 0 Å². The number of hydrogen-bond donors (Lipinski definition) is 1. The summed E-state index contributed by atoms with van der Waals surface area (Å²) < 4.78 is 35.6. The number of benzene rings is 1. The normalized spacial score (nSPS) is 13.4. The molecule has 0 unspecified atom stereocenters. The monoisotopic (exact) mass is 382 g/mol. The van der Waals surface area contributed by atoms with E-state index in [-0.39, 0.29) is 17.3 Å². The standard InChI is InChI=1S/C20H30O5S/c1-3-5-6-7-8-9-10-11-17-16-12-14-24-19(16)15-18(21)20(17)26(22,23)25-13-4-2/h4,15,21H,2-3,5-14H2,1H3. The van der Waals surface area contributed by atoms with Gasteiger partial charge >= 0.3 is 10.1 Å². The highest BCUT2D eigenvalue weighted by atomic mass is 32.2. The van der Waals surface area contributed by atoms with Gasteiger partial charge in [0.05, 0.1) is 13.2 Å². The van der Waals surface area contributed by atoms with Gasteiger partial charge in [-0.2, -0.15) is 8.42 Å². The summed E-state index contributed by atoms with van der Waals surface area (Å²) in [7, 11) is -4.04. The third-order valence-electron chi connectivity index (χ3n) is 4.67. The van der Waals surface area contributed by atoms with Crippen molar-refractivity contribution in [3.8, 4) is 11.5 Å². The van der Waals surface area contributed by atoms with Crippen LogP contribution in [0.15, 0.2) is 23.6 Å². The molecule has 0 radical (unpaired) electrons. The summed E-state index contributed by atoms with van der Waals surface area (Å²) in [5.74, 6) is 0.288. The van der Waals surface area contributed by atoms with E-state index in [4.69, 9.17) is 8.92 Å². The van der Waals surface area contributed by atoms with Gasteiger partial charge in [-0.3, -0.25) is 4.18 Å². The van der Waals surface area contributed by atoms with Crippen LogP contribution in [0.1, 0.15) is 63.0 Å². The molecule has 1 heterocycles. The van der Waals surface area contributed by atoms with Gasteiger partial charge in [-0.15, -0.1) is 6.58 Å². The summed E-state index contributed by atoms with van der Waals surface area (Å²) in [6.07, 6.45) is 10.7. The number of unbranched alkanes of at least 4 members (excludes halogenated alkanes) is 6. The molecule has 0 aromatic heterocycles. The quantitative estimate of drug-likeness (QED) is 0.327. The predicted molar refractivity (Wildman–Crippen MR) is 102 cm³/mol. The number of hydrogen-bond acceptors (Lipinski definition) is 5. The van der Waals surface area contributed by atoms with Crippen molar-refractivity contribution in [3.63, 3.8) is 0 Å². The van der Waals surface area contributed by atoms with Crippen LogP contribution < -0.4 is 4.74 Å². The molecule has 1 aliphatic rings. The molecule has 1 N–H and O–H groups in total. The first kappa shape index (κ1) is 20.8. The van der Waals surface area contributed by atoms with E-state index in [1.54, 1.807) is 0 Å². The van der Waals surface area contributed by atoms with E-state index in [0.717, 1.165) is 24.8 Å². The largest absolute Gasteiger partial charge is 0.506 e. The predicted octanol–water partition coefficient (Wildman–Crippen LogP) is 4.51. The Morgan fingerprint density at radius 2 is 1.92 bits per heavy atom. The molecule has 0 saturated heterocycles. The number of rotatable bonds is 12. The number of ether oxygens (including phenoxy) is 1. The summed E-state index contributed by atoms with van der Waals surface area (Å²) >= 11 is 0. The Labute approximate surface area is 157 Å². The van der Waals surface area contributed by atoms with Crippen molar-refractivity contribution in [2.45, 2.75) is 69.6 Å². The van der Waals surface area contributed by atoms with Crippen LogP contribution in [0.25, 0.3) is 0 Å². The molecule has 5 nitrogen and oxygen atoms in total. The zero-order valence-corrected chi connectivity index (χ0v) is 16.4. The second-order valence-corrected chi connectivity index (χ2v) is 8.23. The molecule has 26 heavy (non-hydrogen) atoms. The summed E-state index contributed by atoms with van der Waals surface area (Å²) in [6.45, 7) is 6.07. The fourth-order valence-electron chi connectivity index (χ4n) is 3.38. The molecule has 0 atom stereocenters. The lowest BCUT2D eigenvalue weighted by Crippen LogP contribution is -2.11. The van der Waals surface area contributed by atoms with Crippen LogP contribution in [0.3, 0.4) is 0 Å². The Kier molecular flexibility index (Phi) is 7.97. The topological polar surface area (TPSA) is 72.8 Å². The molecule has 0 fully saturated rings. The lowest BCUT2D eigenvalue weighted by atomic mass is 9.98. The molecule has 6 heteroatoms. The molecule has 0 amide bonds. The van der Waals surface area contributed by atoms with Gasteiger partial charge in [-0.05, 0) is 18.4 Å². The minimum atomic E-state index is -4.04. The molecule has 2 rings (SSSR count). The van der Waals surface area contributed by atoms with E-state index in [0.29, 0.717) is 30.8 Å². The Morgan fingerprint density at radius 3 is 2.62 bits per heavy atom. The van der Waals surface area contributed by atoms with Crippen molar-refractivity contribution in [1.29, 1.82) is 0 Å². The first-order valence-corrected chi connectivity index (χ1v) is 10.9. The highest BCUT2D eigenvalue weighted by Crippen LogP contribution is 2.40. The van der Waals surface area contributed by atoms with Gasteiger partial charge in [0, 0.05) is 18.1 Å². The minimum absolute atomic E-state index is 0.102. The van der Waals surface area contributed by atoms with E-state index in [9.17, 15) is 13.5 Å². The highest BCUT2D eigenvalue weighted by Gasteiger charge is 2.30. The first-order valence-electron chi connectivity index (χ1n) is 9.52. The molecule has 1 aliphatic heterocycles. The fourth-order valence-corrected chi connectivity index (χ4v) is 4.62. The van der Waals surface area contributed by atoms with Gasteiger partial charge < -0.3 is 9.84 Å². The van der Waals surface area contributed by atoms with Crippen LogP contribution in [-0.4, -0.2) is 26.7 Å². The molecule has 0 saturated carbocycles. The molecule has 1 aromatic carbocycles. The maximum atomic E-state index is 12.6. The van der Waals surface area contributed by atoms with Gasteiger partial charge in [-0.25, -0.2) is 0 Å². The Bertz CT molecular complexity index is 709. The molecular weight excluding hydrogens is 352 g/mol. The Hall–Kier alpha value is -1.53. The average molecular weight is 383 g/mol. The van der Waals surface area contributed by atoms with Gasteiger partial charge in [-0.1, -0.05) is 51.5 Å². The van der Waals surface area contributed by atoms with Crippen molar-refractivity contribution in [2.24, 2.45) is 0 Å². The van der Waals surface area contributed by atoms with Crippen LogP contribution in [0.5, 0.6) is 11.5 Å². The molecule has 0 spiro atoms. The van der Waals surface area contributed by atoms with Crippen LogP contribution in [0.4, 0.5) is 0 Å². The molecule has 1 aromatic rings. The SMILES string of the molecule is C=CCOS(=O)(=O)c1c(O)cc2c(c1CCCCCCCCC)CCO2. The van der Waals surface area contributed by atoms with Crippen LogP contribution in [0.2, 0.25) is 0 Å². The van der Waals surface area contributed by atoms with E-state index in [2.05, 4.69) is 13.5 Å². The van der Waals surface area contributed by atoms with Crippen molar-refractivity contribution >= 4 is 10.1 Å². The van der Waals surface area contributed by atoms with Crippen molar-refractivity contribution < 1.29 is 22.4 Å². The fraction of sp³-hybridized carbons (Fsp3) is 0.600. The highest BCUT2D eigenvalue weighted by molar-refractivity contribution is 7.87. The number of phenols is 1. The summed E-state index contributed by atoms with van der Waals surface area (Å²) in [6, 6.07) is 1.39. The van der Waals surface area contributed by atoms with E-state index < -0.39 is 10.1 Å². The lowest BCUT2D eigenvalue weighted by molar-refractivity contribution is 0.348. The smallest absolute Gasteiger partial charge is 0.301 e. The van der Waals surface area contributed by atoms with Crippen LogP contribution in [-0.2, 0) is 27.1 Å². The second-order valence-electron chi connectivity index (χ2n) is 6.68.